The van der Waals surface area contributed by atoms with Crippen molar-refractivity contribution in [3.8, 4) is 5.75 Å². The molecule has 2 aromatic heterocycles. The summed E-state index contributed by atoms with van der Waals surface area (Å²) in [4.78, 5) is 18.9. The van der Waals surface area contributed by atoms with Gasteiger partial charge in [0.15, 0.2) is 0 Å². The summed E-state index contributed by atoms with van der Waals surface area (Å²) in [5.41, 5.74) is 1.79. The minimum atomic E-state index is -0.522. The second-order valence-electron chi connectivity index (χ2n) is 8.03. The van der Waals surface area contributed by atoms with Gasteiger partial charge in [-0.1, -0.05) is 5.16 Å². The fourth-order valence-electron chi connectivity index (χ4n) is 4.44. The molecule has 0 bridgehead atoms. The van der Waals surface area contributed by atoms with E-state index in [1.165, 1.54) is 0 Å². The second-order valence-corrected chi connectivity index (χ2v) is 8.03. The summed E-state index contributed by atoms with van der Waals surface area (Å²) < 4.78 is 11.2. The van der Waals surface area contributed by atoms with Gasteiger partial charge in [0, 0.05) is 37.7 Å². The van der Waals surface area contributed by atoms with Crippen LogP contribution in [-0.2, 0) is 11.2 Å². The van der Waals surface area contributed by atoms with Gasteiger partial charge in [0.1, 0.15) is 17.6 Å². The van der Waals surface area contributed by atoms with Gasteiger partial charge < -0.3 is 19.3 Å². The van der Waals surface area contributed by atoms with E-state index in [2.05, 4.69) is 10.1 Å². The second kappa shape index (κ2) is 7.91. The molecule has 150 valence electrons. The summed E-state index contributed by atoms with van der Waals surface area (Å²) in [6.45, 7) is 5.32. The van der Waals surface area contributed by atoms with E-state index in [-0.39, 0.29) is 12.0 Å². The monoisotopic (exact) mass is 385 g/mol. The first kappa shape index (κ1) is 18.9. The molecule has 1 saturated carbocycles. The van der Waals surface area contributed by atoms with Crippen LogP contribution in [0.4, 0.5) is 0 Å². The Kier molecular flexibility index (Phi) is 5.35. The number of nitrogens with zero attached hydrogens (tertiary/aromatic N) is 3. The van der Waals surface area contributed by atoms with E-state index >= 15 is 0 Å². The highest BCUT2D eigenvalue weighted by Crippen LogP contribution is 2.38. The van der Waals surface area contributed by atoms with Crippen molar-refractivity contribution in [2.75, 3.05) is 13.1 Å². The molecule has 0 spiro atoms. The number of hydrogen-bond donors (Lipinski definition) is 1. The van der Waals surface area contributed by atoms with E-state index in [0.717, 1.165) is 42.4 Å². The predicted molar refractivity (Wildman–Crippen MR) is 102 cm³/mol. The first-order valence-corrected chi connectivity index (χ1v) is 9.96. The normalized spacial score (nSPS) is 26.9. The Bertz CT molecular complexity index is 823. The van der Waals surface area contributed by atoms with Crippen LogP contribution in [0.5, 0.6) is 5.75 Å². The Balaban J connectivity index is 1.34. The van der Waals surface area contributed by atoms with Crippen molar-refractivity contribution in [3.63, 3.8) is 0 Å². The smallest absolute Gasteiger partial charge is 0.223 e. The Labute approximate surface area is 164 Å². The summed E-state index contributed by atoms with van der Waals surface area (Å²) in [7, 11) is 0. The Morgan fingerprint density at radius 3 is 2.75 bits per heavy atom. The molecule has 7 heteroatoms. The summed E-state index contributed by atoms with van der Waals surface area (Å²) in [6, 6.07) is 5.63. The molecule has 7 nitrogen and oxygen atoms in total. The number of aliphatic hydroxyl groups excluding tert-OH is 1. The molecule has 1 aliphatic carbocycles. The maximum Gasteiger partial charge on any atom is 0.223 e. The van der Waals surface area contributed by atoms with Gasteiger partial charge in [-0.05, 0) is 50.7 Å². The summed E-state index contributed by atoms with van der Waals surface area (Å²) in [5.74, 6) is 2.29. The number of likely N-dealkylation sites (tertiary alicyclic amines) is 1. The van der Waals surface area contributed by atoms with Crippen LogP contribution in [0.2, 0.25) is 0 Å². The molecule has 3 heterocycles. The van der Waals surface area contributed by atoms with Crippen LogP contribution in [0.25, 0.3) is 0 Å². The molecule has 2 aromatic rings. The molecule has 2 aliphatic rings. The highest BCUT2D eigenvalue weighted by Gasteiger charge is 2.43. The van der Waals surface area contributed by atoms with Crippen LogP contribution in [0.3, 0.4) is 0 Å². The molecule has 0 aromatic carbocycles. The van der Waals surface area contributed by atoms with Gasteiger partial charge in [-0.2, -0.15) is 0 Å². The van der Waals surface area contributed by atoms with E-state index in [4.69, 9.17) is 9.26 Å². The topological polar surface area (TPSA) is 88.7 Å². The number of carbonyl (C=O) groups is 1. The minimum Gasteiger partial charge on any atom is -0.486 e. The van der Waals surface area contributed by atoms with Gasteiger partial charge >= 0.3 is 0 Å². The van der Waals surface area contributed by atoms with E-state index < -0.39 is 6.10 Å². The lowest BCUT2D eigenvalue weighted by atomic mass is 9.78. The molecule has 0 unspecified atom stereocenters. The Morgan fingerprint density at radius 1 is 1.25 bits per heavy atom. The number of ether oxygens (including phenoxy) is 1. The number of aromatic nitrogens is 2. The van der Waals surface area contributed by atoms with E-state index in [1.54, 1.807) is 12.3 Å². The maximum absolute atomic E-state index is 12.6. The van der Waals surface area contributed by atoms with Crippen molar-refractivity contribution in [1.29, 1.82) is 0 Å². The van der Waals surface area contributed by atoms with Crippen LogP contribution in [0.15, 0.2) is 28.9 Å². The van der Waals surface area contributed by atoms with Gasteiger partial charge in [0.25, 0.3) is 0 Å². The van der Waals surface area contributed by atoms with Gasteiger partial charge in [0.05, 0.1) is 18.0 Å². The number of fused-ring (bicyclic) bond motifs is 1. The van der Waals surface area contributed by atoms with Crippen LogP contribution in [0.1, 0.15) is 36.4 Å². The number of amides is 1. The van der Waals surface area contributed by atoms with Gasteiger partial charge in [0.2, 0.25) is 5.91 Å². The first-order chi connectivity index (χ1) is 13.5. The van der Waals surface area contributed by atoms with E-state index in [0.29, 0.717) is 31.1 Å². The fraction of sp³-hybridized carbons (Fsp3) is 0.571. The zero-order valence-electron chi connectivity index (χ0n) is 16.4. The first-order valence-electron chi connectivity index (χ1n) is 9.96. The van der Waals surface area contributed by atoms with Crippen LogP contribution >= 0.6 is 0 Å². The molecule has 1 aliphatic heterocycles. The number of aryl methyl sites for hydroxylation is 3. The lowest BCUT2D eigenvalue weighted by Gasteiger charge is -2.35. The molecule has 2 fully saturated rings. The fourth-order valence-corrected chi connectivity index (χ4v) is 4.44. The van der Waals surface area contributed by atoms with Gasteiger partial charge in [-0.15, -0.1) is 0 Å². The van der Waals surface area contributed by atoms with Crippen LogP contribution in [0, 0.1) is 25.7 Å². The summed E-state index contributed by atoms with van der Waals surface area (Å²) >= 11 is 0. The minimum absolute atomic E-state index is 0.135. The van der Waals surface area contributed by atoms with Crippen LogP contribution in [-0.4, -0.2) is 51.4 Å². The van der Waals surface area contributed by atoms with Gasteiger partial charge in [-0.3, -0.25) is 9.78 Å². The average Bonchev–Trinajstić information content (AvgIpc) is 3.31. The third-order valence-electron chi connectivity index (χ3n) is 5.97. The molecule has 0 radical (unpaired) electrons. The molecule has 1 N–H and O–H groups in total. The average molecular weight is 385 g/mol. The standard InChI is InChI=1S/C21H27N3O4/c1-13-3-5-19(14(2)23-13)27-20-10-16-12-24(11-15(16)9-18(20)25)21(26)6-4-17-7-8-22-28-17/h3,5,7-8,15-16,18,20,25H,4,6,9-12H2,1-2H3/t15-,16+,18+,20+/m0/s1. The summed E-state index contributed by atoms with van der Waals surface area (Å²) in [6.07, 6.45) is 3.23. The SMILES string of the molecule is Cc1ccc(O[C@@H]2C[C@@H]3CN(C(=O)CCc4ccno4)C[C@@H]3C[C@H]2O)c(C)n1. The van der Waals surface area contributed by atoms with Crippen molar-refractivity contribution >= 4 is 5.91 Å². The number of pyridine rings is 1. The van der Waals surface area contributed by atoms with Crippen molar-refractivity contribution in [3.05, 3.63) is 41.5 Å². The van der Waals surface area contributed by atoms with E-state index in [9.17, 15) is 9.90 Å². The third-order valence-corrected chi connectivity index (χ3v) is 5.97. The van der Waals surface area contributed by atoms with E-state index in [1.807, 2.05) is 30.9 Å². The lowest BCUT2D eigenvalue weighted by Crippen LogP contribution is -2.42. The van der Waals surface area contributed by atoms with Crippen molar-refractivity contribution < 1.29 is 19.2 Å². The predicted octanol–water partition coefficient (Wildman–Crippen LogP) is 2.30. The molecule has 1 amide bonds. The highest BCUT2D eigenvalue weighted by atomic mass is 16.5. The molecular formula is C21H27N3O4. The highest BCUT2D eigenvalue weighted by molar-refractivity contribution is 5.76. The number of carbonyl (C=O) groups excluding carboxylic acids is 1. The number of aliphatic hydroxyl groups is 1. The largest absolute Gasteiger partial charge is 0.486 e. The number of hydrogen-bond acceptors (Lipinski definition) is 6. The van der Waals surface area contributed by atoms with Crippen molar-refractivity contribution in [2.45, 2.75) is 51.7 Å². The zero-order valence-corrected chi connectivity index (χ0v) is 16.4. The molecule has 4 rings (SSSR count). The Morgan fingerprint density at radius 2 is 2.04 bits per heavy atom. The van der Waals surface area contributed by atoms with Crippen molar-refractivity contribution in [1.82, 2.24) is 15.0 Å². The van der Waals surface area contributed by atoms with Gasteiger partial charge in [-0.25, -0.2) is 0 Å². The Hall–Kier alpha value is -2.41. The molecular weight excluding hydrogens is 358 g/mol. The zero-order chi connectivity index (χ0) is 19.7. The third kappa shape index (κ3) is 4.04. The molecule has 28 heavy (non-hydrogen) atoms. The molecule has 4 atom stereocenters. The molecule has 1 saturated heterocycles. The maximum atomic E-state index is 12.6. The van der Waals surface area contributed by atoms with Crippen LogP contribution < -0.4 is 4.74 Å². The van der Waals surface area contributed by atoms with Crippen molar-refractivity contribution in [2.24, 2.45) is 11.8 Å². The number of rotatable bonds is 5. The summed E-state index contributed by atoms with van der Waals surface area (Å²) in [5, 5.41) is 14.3. The lowest BCUT2D eigenvalue weighted by molar-refractivity contribution is -0.130. The quantitative estimate of drug-likeness (QED) is 0.850.